The molecule has 0 saturated carbocycles. The number of aliphatic hydroxyl groups is 1. The molecule has 0 spiro atoms. The van der Waals surface area contributed by atoms with Crippen molar-refractivity contribution < 1.29 is 24.4 Å². The van der Waals surface area contributed by atoms with E-state index in [-0.39, 0.29) is 28.5 Å². The maximum atomic E-state index is 13.3. The monoisotopic (exact) mass is 437 g/mol. The van der Waals surface area contributed by atoms with Gasteiger partial charge in [0.15, 0.2) is 17.4 Å². The second kappa shape index (κ2) is 9.79. The maximum absolute atomic E-state index is 13.3. The van der Waals surface area contributed by atoms with Gasteiger partial charge in [0.25, 0.3) is 5.69 Å². The van der Waals surface area contributed by atoms with Crippen molar-refractivity contribution in [3.8, 4) is 5.75 Å². The molecule has 158 valence electrons. The molecule has 3 rings (SSSR count). The van der Waals surface area contributed by atoms with Gasteiger partial charge in [-0.2, -0.15) is 4.57 Å². The lowest BCUT2D eigenvalue weighted by atomic mass is 10.1. The van der Waals surface area contributed by atoms with E-state index in [1.54, 1.807) is 55.9 Å². The minimum Gasteiger partial charge on any atom is -0.867 e. The molecular formula is C22H19N3O5S. The number of anilines is 1. The first-order valence-corrected chi connectivity index (χ1v) is 9.56. The van der Waals surface area contributed by atoms with Gasteiger partial charge in [0.1, 0.15) is 5.75 Å². The number of thiocarbonyl (C=S) groups is 1. The molecule has 0 fully saturated rings. The Kier molecular flexibility index (Phi) is 6.91. The van der Waals surface area contributed by atoms with Crippen LogP contribution in [-0.4, -0.2) is 22.1 Å². The van der Waals surface area contributed by atoms with Gasteiger partial charge in [-0.15, -0.1) is 0 Å². The number of hydrogen-bond acceptors (Lipinski definition) is 6. The summed E-state index contributed by atoms with van der Waals surface area (Å²) in [6.07, 6.45) is 3.24. The molecule has 0 atom stereocenters. The van der Waals surface area contributed by atoms with Crippen LogP contribution in [0.2, 0.25) is 0 Å². The van der Waals surface area contributed by atoms with Gasteiger partial charge in [0.05, 0.1) is 18.6 Å². The van der Waals surface area contributed by atoms with Gasteiger partial charge in [0.2, 0.25) is 5.70 Å². The Morgan fingerprint density at radius 1 is 1.16 bits per heavy atom. The Morgan fingerprint density at radius 2 is 1.84 bits per heavy atom. The fraction of sp³-hybridized carbons (Fsp3) is 0.0909. The lowest BCUT2D eigenvalue weighted by molar-refractivity contribution is -0.578. The predicted octanol–water partition coefficient (Wildman–Crippen LogP) is 2.51. The average molecular weight is 437 g/mol. The number of methoxy groups -OCH3 is 1. The lowest BCUT2D eigenvalue weighted by Gasteiger charge is -2.17. The summed E-state index contributed by atoms with van der Waals surface area (Å²) in [7, 11) is 1.56. The zero-order valence-corrected chi connectivity index (χ0v) is 17.3. The van der Waals surface area contributed by atoms with Gasteiger partial charge in [-0.3, -0.25) is 10.1 Å². The number of nitrogens with one attached hydrogen (secondary N) is 1. The van der Waals surface area contributed by atoms with Gasteiger partial charge in [-0.25, -0.2) is 0 Å². The molecule has 2 N–H and O–H groups in total. The van der Waals surface area contributed by atoms with Gasteiger partial charge >= 0.3 is 0 Å². The van der Waals surface area contributed by atoms with Crippen molar-refractivity contribution in [2.75, 3.05) is 12.4 Å². The summed E-state index contributed by atoms with van der Waals surface area (Å²) in [4.78, 5) is 10.5. The third kappa shape index (κ3) is 5.21. The van der Waals surface area contributed by atoms with E-state index >= 15 is 0 Å². The van der Waals surface area contributed by atoms with Crippen molar-refractivity contribution in [3.63, 3.8) is 0 Å². The molecule has 2 aromatic carbocycles. The van der Waals surface area contributed by atoms with Crippen molar-refractivity contribution in [1.82, 2.24) is 0 Å². The molecule has 31 heavy (non-hydrogen) atoms. The summed E-state index contributed by atoms with van der Waals surface area (Å²) >= 11 is 5.53. The first-order chi connectivity index (χ1) is 14.9. The van der Waals surface area contributed by atoms with Crippen LogP contribution >= 0.6 is 12.2 Å². The van der Waals surface area contributed by atoms with Gasteiger partial charge < -0.3 is 20.3 Å². The van der Waals surface area contributed by atoms with Crippen molar-refractivity contribution in [1.29, 1.82) is 0 Å². The summed E-state index contributed by atoms with van der Waals surface area (Å²) in [6.45, 7) is -0.210. The number of aliphatic hydroxyl groups excluding tert-OH is 1. The Labute approximate surface area is 183 Å². The lowest BCUT2D eigenvalue weighted by Crippen LogP contribution is -2.40. The smallest absolute Gasteiger partial charge is 0.269 e. The van der Waals surface area contributed by atoms with Crippen LogP contribution < -0.4 is 19.7 Å². The Morgan fingerprint density at radius 3 is 2.42 bits per heavy atom. The fourth-order valence-electron chi connectivity index (χ4n) is 2.83. The van der Waals surface area contributed by atoms with Crippen molar-refractivity contribution in [3.05, 3.63) is 94.3 Å². The van der Waals surface area contributed by atoms with E-state index < -0.39 is 10.7 Å². The third-order valence-corrected chi connectivity index (χ3v) is 4.72. The van der Waals surface area contributed by atoms with Crippen LogP contribution in [0, 0.1) is 10.1 Å². The number of rotatable bonds is 7. The Balaban J connectivity index is 2.05. The highest BCUT2D eigenvalue weighted by Gasteiger charge is 2.20. The Hall–Kier alpha value is -3.82. The summed E-state index contributed by atoms with van der Waals surface area (Å²) < 4.78 is 6.67. The predicted molar refractivity (Wildman–Crippen MR) is 118 cm³/mol. The molecule has 0 aliphatic rings. The molecule has 0 amide bonds. The van der Waals surface area contributed by atoms with Crippen LogP contribution in [0.15, 0.2) is 73.1 Å². The second-order valence-electron chi connectivity index (χ2n) is 6.44. The molecule has 8 nitrogen and oxygen atoms in total. The van der Waals surface area contributed by atoms with Crippen LogP contribution in [0.1, 0.15) is 11.1 Å². The third-order valence-electron chi connectivity index (χ3n) is 4.42. The van der Waals surface area contributed by atoms with Gasteiger partial charge in [-0.05, 0) is 53.8 Å². The number of pyridine rings is 1. The first kappa shape index (κ1) is 21.9. The number of nitro groups is 1. The molecule has 0 aliphatic heterocycles. The molecule has 1 aromatic heterocycles. The number of nitrogens with zero attached hydrogens (tertiary/aromatic N) is 2. The van der Waals surface area contributed by atoms with E-state index in [1.807, 2.05) is 0 Å². The van der Waals surface area contributed by atoms with Crippen LogP contribution in [-0.2, 0) is 6.61 Å². The van der Waals surface area contributed by atoms with Crippen LogP contribution in [0.4, 0.5) is 11.4 Å². The molecule has 3 aromatic rings. The number of non-ortho nitro benzene ring substituents is 1. The summed E-state index contributed by atoms with van der Waals surface area (Å²) in [6, 6.07) is 15.7. The first-order valence-electron chi connectivity index (χ1n) is 9.16. The van der Waals surface area contributed by atoms with Crippen molar-refractivity contribution in [2.45, 2.75) is 6.61 Å². The number of aromatic nitrogens is 1. The molecule has 0 unspecified atom stereocenters. The van der Waals surface area contributed by atoms with Gasteiger partial charge in [-0.1, -0.05) is 12.2 Å². The minimum absolute atomic E-state index is 0.119. The Bertz CT molecular complexity index is 1130. The van der Waals surface area contributed by atoms with E-state index in [9.17, 15) is 20.3 Å². The zero-order valence-electron chi connectivity index (χ0n) is 16.5. The highest BCUT2D eigenvalue weighted by molar-refractivity contribution is 7.81. The molecule has 0 aliphatic carbocycles. The van der Waals surface area contributed by atoms with E-state index in [1.165, 1.54) is 28.8 Å². The van der Waals surface area contributed by atoms with Gasteiger partial charge in [0, 0.05) is 29.4 Å². The number of hydrogen-bond donors (Lipinski definition) is 2. The second-order valence-corrected chi connectivity index (χ2v) is 6.85. The molecule has 0 saturated heterocycles. The number of nitro benzene ring substituents is 1. The summed E-state index contributed by atoms with van der Waals surface area (Å²) in [5.74, 6) is 0.244. The van der Waals surface area contributed by atoms with Crippen molar-refractivity contribution in [2.24, 2.45) is 0 Å². The molecule has 1 heterocycles. The van der Waals surface area contributed by atoms with Crippen molar-refractivity contribution >= 4 is 40.0 Å². The summed E-state index contributed by atoms with van der Waals surface area (Å²) in [5, 5.41) is 36.7. The number of benzene rings is 2. The highest BCUT2D eigenvalue weighted by atomic mass is 32.1. The molecular weight excluding hydrogens is 418 g/mol. The van der Waals surface area contributed by atoms with Crippen LogP contribution in [0.25, 0.3) is 11.5 Å². The quantitative estimate of drug-likeness (QED) is 0.146. The zero-order chi connectivity index (χ0) is 22.4. The average Bonchev–Trinajstić information content (AvgIpc) is 2.80. The minimum atomic E-state index is -0.534. The largest absolute Gasteiger partial charge is 0.867 e. The SMILES string of the molecule is COc1ccc(NC(=S)/C(=C(\[O-])c2ccc([N+](=O)[O-])cc2)[n+]2cccc(CO)c2)cc1. The van der Waals surface area contributed by atoms with E-state index in [2.05, 4.69) is 5.32 Å². The molecule has 0 bridgehead atoms. The normalized spacial score (nSPS) is 11.4. The fourth-order valence-corrected chi connectivity index (χ4v) is 3.15. The standard InChI is InChI=1S/C22H19N3O5S/c1-30-19-10-6-17(7-11-19)23-22(31)20(24-12-2-3-15(13-24)14-26)21(27)16-4-8-18(9-5-16)25(28)29/h2-13,26H,14H2,1H3,(H-,23,27,31). The van der Waals surface area contributed by atoms with Crippen LogP contribution in [0.3, 0.4) is 0 Å². The number of ether oxygens (including phenoxy) is 1. The van der Waals surface area contributed by atoms with E-state index in [0.29, 0.717) is 17.0 Å². The van der Waals surface area contributed by atoms with Crippen LogP contribution in [0.5, 0.6) is 5.75 Å². The van der Waals surface area contributed by atoms with E-state index in [4.69, 9.17) is 17.0 Å². The molecule has 9 heteroatoms. The van der Waals surface area contributed by atoms with E-state index in [0.717, 1.165) is 0 Å². The summed E-state index contributed by atoms with van der Waals surface area (Å²) in [5.41, 5.74) is 1.49. The highest BCUT2D eigenvalue weighted by Crippen LogP contribution is 2.21. The topological polar surface area (TPSA) is 112 Å². The molecule has 0 radical (unpaired) electrons. The maximum Gasteiger partial charge on any atom is 0.269 e.